The Balaban J connectivity index is 0.00000220. The highest BCUT2D eigenvalue weighted by Gasteiger charge is 2.21. The van der Waals surface area contributed by atoms with Crippen LogP contribution in [0.15, 0.2) is 24.3 Å². The van der Waals surface area contributed by atoms with Crippen molar-refractivity contribution >= 4 is 29.9 Å². The average molecular weight is 335 g/mol. The molecule has 2 N–H and O–H groups in total. The third-order valence-electron chi connectivity index (χ3n) is 2.97. The van der Waals surface area contributed by atoms with Crippen LogP contribution in [-0.2, 0) is 9.53 Å². The molecule has 2 rings (SSSR count). The maximum atomic E-state index is 11.9. The third-order valence-corrected chi connectivity index (χ3v) is 3.28. The third kappa shape index (κ3) is 5.71. The molecule has 0 aliphatic carbocycles. The van der Waals surface area contributed by atoms with Crippen LogP contribution in [0.2, 0.25) is 5.02 Å². The van der Waals surface area contributed by atoms with Gasteiger partial charge in [-0.15, -0.1) is 12.4 Å². The summed E-state index contributed by atoms with van der Waals surface area (Å²) in [5.74, 6) is 0.550. The Morgan fingerprint density at radius 2 is 2.33 bits per heavy atom. The molecule has 0 saturated carbocycles. The second-order valence-electron chi connectivity index (χ2n) is 4.69. The van der Waals surface area contributed by atoms with Gasteiger partial charge in [0.2, 0.25) is 5.91 Å². The molecule has 1 fully saturated rings. The summed E-state index contributed by atoms with van der Waals surface area (Å²) in [6.07, 6.45) is -0.164. The van der Waals surface area contributed by atoms with Crippen molar-refractivity contribution in [2.75, 3.05) is 26.3 Å². The molecule has 1 saturated heterocycles. The summed E-state index contributed by atoms with van der Waals surface area (Å²) in [7, 11) is 0. The topological polar surface area (TPSA) is 59.6 Å². The predicted octanol–water partition coefficient (Wildman–Crippen LogP) is 1.63. The summed E-state index contributed by atoms with van der Waals surface area (Å²) in [5, 5.41) is 6.51. The monoisotopic (exact) mass is 334 g/mol. The van der Waals surface area contributed by atoms with Crippen LogP contribution in [0.1, 0.15) is 6.92 Å². The van der Waals surface area contributed by atoms with Crippen molar-refractivity contribution in [1.29, 1.82) is 0 Å². The zero-order valence-electron chi connectivity index (χ0n) is 11.8. The molecule has 0 bridgehead atoms. The van der Waals surface area contributed by atoms with Gasteiger partial charge in [0.05, 0.1) is 24.8 Å². The molecule has 0 radical (unpaired) electrons. The van der Waals surface area contributed by atoms with Crippen LogP contribution < -0.4 is 15.4 Å². The van der Waals surface area contributed by atoms with Crippen LogP contribution in [-0.4, -0.2) is 44.4 Å². The predicted molar refractivity (Wildman–Crippen MR) is 84.4 cm³/mol. The summed E-state index contributed by atoms with van der Waals surface area (Å²) in [4.78, 5) is 11.9. The minimum atomic E-state index is -0.281. The van der Waals surface area contributed by atoms with Gasteiger partial charge in [0.15, 0.2) is 0 Å². The van der Waals surface area contributed by atoms with Crippen molar-refractivity contribution < 1.29 is 14.3 Å². The van der Waals surface area contributed by atoms with Crippen molar-refractivity contribution in [1.82, 2.24) is 10.6 Å². The van der Waals surface area contributed by atoms with E-state index in [2.05, 4.69) is 10.6 Å². The largest absolute Gasteiger partial charge is 0.487 e. The SMILES string of the molecule is CC(CNC(=O)C1COCCN1)Oc1ccccc1Cl.Cl. The maximum Gasteiger partial charge on any atom is 0.239 e. The van der Waals surface area contributed by atoms with Gasteiger partial charge in [0, 0.05) is 6.54 Å². The molecule has 1 aliphatic heterocycles. The Bertz CT molecular complexity index is 454. The first-order valence-electron chi connectivity index (χ1n) is 6.67. The molecule has 21 heavy (non-hydrogen) atoms. The zero-order chi connectivity index (χ0) is 14.4. The lowest BCUT2D eigenvalue weighted by Gasteiger charge is -2.24. The zero-order valence-corrected chi connectivity index (χ0v) is 13.4. The number of benzene rings is 1. The number of carbonyl (C=O) groups excluding carboxylic acids is 1. The van der Waals surface area contributed by atoms with Crippen LogP contribution in [0.4, 0.5) is 0 Å². The van der Waals surface area contributed by atoms with E-state index in [-0.39, 0.29) is 30.5 Å². The highest BCUT2D eigenvalue weighted by atomic mass is 35.5. The number of hydrogen-bond donors (Lipinski definition) is 2. The van der Waals surface area contributed by atoms with Crippen molar-refractivity contribution in [3.63, 3.8) is 0 Å². The number of para-hydroxylation sites is 1. The van der Waals surface area contributed by atoms with Gasteiger partial charge >= 0.3 is 0 Å². The van der Waals surface area contributed by atoms with E-state index < -0.39 is 0 Å². The molecular formula is C14H20Cl2N2O3. The summed E-state index contributed by atoms with van der Waals surface area (Å²) in [6.45, 7) is 4.06. The van der Waals surface area contributed by atoms with Gasteiger partial charge in [0.1, 0.15) is 17.9 Å². The standard InChI is InChI=1S/C14H19ClN2O3.ClH/c1-10(20-13-5-3-2-4-11(13)15)8-17-14(18)12-9-19-7-6-16-12;/h2-5,10,12,16H,6-9H2,1H3,(H,17,18);1H. The van der Waals surface area contributed by atoms with Crippen LogP contribution in [0, 0.1) is 0 Å². The fourth-order valence-electron chi connectivity index (χ4n) is 1.90. The average Bonchev–Trinajstić information content (AvgIpc) is 2.48. The van der Waals surface area contributed by atoms with Crippen LogP contribution in [0.25, 0.3) is 0 Å². The molecule has 0 spiro atoms. The van der Waals surface area contributed by atoms with E-state index in [9.17, 15) is 4.79 Å². The Morgan fingerprint density at radius 3 is 3.00 bits per heavy atom. The lowest BCUT2D eigenvalue weighted by atomic mass is 10.2. The van der Waals surface area contributed by atoms with Gasteiger partial charge in [-0.05, 0) is 19.1 Å². The molecule has 1 aromatic carbocycles. The molecule has 1 heterocycles. The smallest absolute Gasteiger partial charge is 0.239 e. The summed E-state index contributed by atoms with van der Waals surface area (Å²) < 4.78 is 10.9. The summed E-state index contributed by atoms with van der Waals surface area (Å²) in [5.41, 5.74) is 0. The fraction of sp³-hybridized carbons (Fsp3) is 0.500. The second kappa shape index (κ2) is 9.10. The lowest BCUT2D eigenvalue weighted by Crippen LogP contribution is -2.52. The van der Waals surface area contributed by atoms with Gasteiger partial charge in [-0.25, -0.2) is 0 Å². The Labute approximate surface area is 135 Å². The quantitative estimate of drug-likeness (QED) is 0.859. The van der Waals surface area contributed by atoms with Gasteiger partial charge in [-0.2, -0.15) is 0 Å². The first-order chi connectivity index (χ1) is 9.66. The van der Waals surface area contributed by atoms with Gasteiger partial charge in [-0.1, -0.05) is 23.7 Å². The molecular weight excluding hydrogens is 315 g/mol. The molecule has 2 unspecified atom stereocenters. The highest BCUT2D eigenvalue weighted by molar-refractivity contribution is 6.32. The number of rotatable bonds is 5. The molecule has 5 nitrogen and oxygen atoms in total. The highest BCUT2D eigenvalue weighted by Crippen LogP contribution is 2.23. The summed E-state index contributed by atoms with van der Waals surface area (Å²) in [6, 6.07) is 6.99. The molecule has 1 aliphatic rings. The van der Waals surface area contributed by atoms with Crippen molar-refractivity contribution in [2.24, 2.45) is 0 Å². The minimum absolute atomic E-state index is 0. The van der Waals surface area contributed by atoms with Crippen molar-refractivity contribution in [3.05, 3.63) is 29.3 Å². The number of morpholine rings is 1. The van der Waals surface area contributed by atoms with E-state index in [4.69, 9.17) is 21.1 Å². The molecule has 0 aromatic heterocycles. The van der Waals surface area contributed by atoms with Gasteiger partial charge < -0.3 is 20.1 Å². The van der Waals surface area contributed by atoms with E-state index in [0.717, 1.165) is 0 Å². The van der Waals surface area contributed by atoms with Crippen LogP contribution in [0.3, 0.4) is 0 Å². The maximum absolute atomic E-state index is 11.9. The summed E-state index contributed by atoms with van der Waals surface area (Å²) >= 11 is 6.01. The van der Waals surface area contributed by atoms with Crippen molar-refractivity contribution in [2.45, 2.75) is 19.1 Å². The number of amides is 1. The van der Waals surface area contributed by atoms with E-state index in [1.165, 1.54) is 0 Å². The molecule has 1 aromatic rings. The van der Waals surface area contributed by atoms with E-state index in [1.54, 1.807) is 12.1 Å². The first-order valence-corrected chi connectivity index (χ1v) is 7.04. The van der Waals surface area contributed by atoms with E-state index in [0.29, 0.717) is 37.1 Å². The number of halogens is 2. The number of hydrogen-bond acceptors (Lipinski definition) is 4. The van der Waals surface area contributed by atoms with Crippen LogP contribution in [0.5, 0.6) is 5.75 Å². The van der Waals surface area contributed by atoms with Crippen molar-refractivity contribution in [3.8, 4) is 5.75 Å². The number of ether oxygens (including phenoxy) is 2. The molecule has 1 amide bonds. The Hall–Kier alpha value is -1.01. The Kier molecular flexibility index (Phi) is 7.82. The molecule has 118 valence electrons. The number of carbonyl (C=O) groups is 1. The second-order valence-corrected chi connectivity index (χ2v) is 5.09. The minimum Gasteiger partial charge on any atom is -0.487 e. The van der Waals surface area contributed by atoms with E-state index in [1.807, 2.05) is 19.1 Å². The molecule has 2 atom stereocenters. The first kappa shape index (κ1) is 18.0. The Morgan fingerprint density at radius 1 is 1.57 bits per heavy atom. The lowest BCUT2D eigenvalue weighted by molar-refractivity contribution is -0.126. The number of nitrogens with one attached hydrogen (secondary N) is 2. The van der Waals surface area contributed by atoms with Gasteiger partial charge in [0.25, 0.3) is 0 Å². The normalized spacial score (nSPS) is 19.2. The van der Waals surface area contributed by atoms with E-state index >= 15 is 0 Å². The van der Waals surface area contributed by atoms with Crippen LogP contribution >= 0.6 is 24.0 Å². The fourth-order valence-corrected chi connectivity index (χ4v) is 2.08. The van der Waals surface area contributed by atoms with Gasteiger partial charge in [-0.3, -0.25) is 4.79 Å². The molecule has 7 heteroatoms.